The van der Waals surface area contributed by atoms with Crippen LogP contribution >= 0.6 is 0 Å². The van der Waals surface area contributed by atoms with E-state index < -0.39 is 0 Å². The van der Waals surface area contributed by atoms with Gasteiger partial charge in [-0.1, -0.05) is 12.1 Å². The first-order valence-corrected chi connectivity index (χ1v) is 8.50. The number of piperidine rings is 1. The summed E-state index contributed by atoms with van der Waals surface area (Å²) in [5.74, 6) is 1.95. The summed E-state index contributed by atoms with van der Waals surface area (Å²) in [6.45, 7) is 2.12. The highest BCUT2D eigenvalue weighted by molar-refractivity contribution is 5.79. The molecule has 6 heteroatoms. The van der Waals surface area contributed by atoms with Crippen molar-refractivity contribution in [2.24, 2.45) is 5.92 Å². The van der Waals surface area contributed by atoms with E-state index in [0.717, 1.165) is 31.5 Å². The van der Waals surface area contributed by atoms with Gasteiger partial charge in [0.1, 0.15) is 11.5 Å². The summed E-state index contributed by atoms with van der Waals surface area (Å²) >= 11 is 0. The minimum atomic E-state index is 0.0353. The fourth-order valence-corrected chi connectivity index (χ4v) is 2.83. The van der Waals surface area contributed by atoms with Crippen molar-refractivity contribution in [1.82, 2.24) is 15.6 Å². The summed E-state index contributed by atoms with van der Waals surface area (Å²) in [7, 11) is 1.61. The van der Waals surface area contributed by atoms with Gasteiger partial charge in [0.05, 0.1) is 13.0 Å². The van der Waals surface area contributed by atoms with Gasteiger partial charge in [0.15, 0.2) is 0 Å². The molecular weight excluding hydrogens is 318 g/mol. The number of nitrogens with zero attached hydrogens (tertiary/aromatic N) is 1. The van der Waals surface area contributed by atoms with Crippen LogP contribution in [0.3, 0.4) is 0 Å². The molecule has 1 aromatic heterocycles. The minimum absolute atomic E-state index is 0.0353. The standard InChI is InChI=1S/C19H23N3O3/c1-24-16-7-2-8-17(11-16)25-19-15(6-4-10-21-19)13-22-18(23)14-5-3-9-20-12-14/h2,4,6-8,10-11,14,20H,3,5,9,12-13H2,1H3,(H,22,23). The zero-order valence-electron chi connectivity index (χ0n) is 14.3. The molecule has 0 radical (unpaired) electrons. The molecule has 0 bridgehead atoms. The Morgan fingerprint density at radius 3 is 3.00 bits per heavy atom. The number of methoxy groups -OCH3 is 1. The number of amides is 1. The monoisotopic (exact) mass is 341 g/mol. The highest BCUT2D eigenvalue weighted by Gasteiger charge is 2.20. The normalized spacial score (nSPS) is 16.9. The Morgan fingerprint density at radius 1 is 1.32 bits per heavy atom. The molecule has 1 saturated heterocycles. The van der Waals surface area contributed by atoms with Crippen molar-refractivity contribution >= 4 is 5.91 Å². The van der Waals surface area contributed by atoms with E-state index in [-0.39, 0.29) is 11.8 Å². The molecule has 1 amide bonds. The number of benzene rings is 1. The molecule has 132 valence electrons. The zero-order valence-corrected chi connectivity index (χ0v) is 14.3. The van der Waals surface area contributed by atoms with E-state index in [1.165, 1.54) is 0 Å². The lowest BCUT2D eigenvalue weighted by Crippen LogP contribution is -2.40. The SMILES string of the molecule is COc1cccc(Oc2ncccc2CNC(=O)C2CCCNC2)c1. The molecule has 1 aliphatic heterocycles. The predicted molar refractivity (Wildman–Crippen MR) is 94.7 cm³/mol. The molecule has 1 aromatic carbocycles. The topological polar surface area (TPSA) is 72.5 Å². The average Bonchev–Trinajstić information content (AvgIpc) is 2.68. The molecule has 6 nitrogen and oxygen atoms in total. The Hall–Kier alpha value is -2.60. The van der Waals surface area contributed by atoms with Gasteiger partial charge in [-0.05, 0) is 37.6 Å². The van der Waals surface area contributed by atoms with Crippen molar-refractivity contribution in [2.75, 3.05) is 20.2 Å². The second-order valence-corrected chi connectivity index (χ2v) is 6.01. The number of aromatic nitrogens is 1. The van der Waals surface area contributed by atoms with Crippen molar-refractivity contribution in [3.8, 4) is 17.4 Å². The van der Waals surface area contributed by atoms with Gasteiger partial charge in [0.2, 0.25) is 11.8 Å². The van der Waals surface area contributed by atoms with Gasteiger partial charge >= 0.3 is 0 Å². The van der Waals surface area contributed by atoms with E-state index in [4.69, 9.17) is 9.47 Å². The predicted octanol–water partition coefficient (Wildman–Crippen LogP) is 2.50. The van der Waals surface area contributed by atoms with Crippen molar-refractivity contribution in [3.63, 3.8) is 0 Å². The van der Waals surface area contributed by atoms with E-state index in [1.54, 1.807) is 19.4 Å². The zero-order chi connectivity index (χ0) is 17.5. The molecular formula is C19H23N3O3. The van der Waals surface area contributed by atoms with Crippen LogP contribution < -0.4 is 20.1 Å². The van der Waals surface area contributed by atoms with E-state index >= 15 is 0 Å². The number of hydrogen-bond donors (Lipinski definition) is 2. The first kappa shape index (κ1) is 17.2. The van der Waals surface area contributed by atoms with Crippen molar-refractivity contribution in [2.45, 2.75) is 19.4 Å². The Bertz CT molecular complexity index is 715. The third-order valence-electron chi connectivity index (χ3n) is 4.23. The second-order valence-electron chi connectivity index (χ2n) is 6.01. The summed E-state index contributed by atoms with van der Waals surface area (Å²) < 4.78 is 11.1. The van der Waals surface area contributed by atoms with Crippen molar-refractivity contribution in [3.05, 3.63) is 48.2 Å². The number of ether oxygens (including phenoxy) is 2. The average molecular weight is 341 g/mol. The Balaban J connectivity index is 1.65. The van der Waals surface area contributed by atoms with Crippen LogP contribution in [0, 0.1) is 5.92 Å². The van der Waals surface area contributed by atoms with Crippen molar-refractivity contribution < 1.29 is 14.3 Å². The van der Waals surface area contributed by atoms with E-state index in [0.29, 0.717) is 23.9 Å². The van der Waals surface area contributed by atoms with Gasteiger partial charge in [-0.2, -0.15) is 0 Å². The number of carbonyl (C=O) groups is 1. The molecule has 0 spiro atoms. The van der Waals surface area contributed by atoms with Crippen LogP contribution in [-0.4, -0.2) is 31.1 Å². The highest BCUT2D eigenvalue weighted by atomic mass is 16.5. The van der Waals surface area contributed by atoms with Gasteiger partial charge in [-0.25, -0.2) is 4.98 Å². The fourth-order valence-electron chi connectivity index (χ4n) is 2.83. The number of pyridine rings is 1. The summed E-state index contributed by atoms with van der Waals surface area (Å²) in [5, 5.41) is 6.25. The van der Waals surface area contributed by atoms with E-state index in [2.05, 4.69) is 15.6 Å². The molecule has 0 saturated carbocycles. The Labute approximate surface area is 147 Å². The number of rotatable bonds is 6. The van der Waals surface area contributed by atoms with Crippen LogP contribution in [-0.2, 0) is 11.3 Å². The van der Waals surface area contributed by atoms with Crippen LogP contribution in [0.4, 0.5) is 0 Å². The van der Waals surface area contributed by atoms with E-state index in [1.807, 2.05) is 30.3 Å². The maximum absolute atomic E-state index is 12.3. The van der Waals surface area contributed by atoms with Gasteiger partial charge in [-0.15, -0.1) is 0 Å². The maximum atomic E-state index is 12.3. The molecule has 1 unspecified atom stereocenters. The largest absolute Gasteiger partial charge is 0.497 e. The lowest BCUT2D eigenvalue weighted by Gasteiger charge is -2.22. The van der Waals surface area contributed by atoms with Crippen LogP contribution in [0.15, 0.2) is 42.6 Å². The van der Waals surface area contributed by atoms with Crippen LogP contribution in [0.2, 0.25) is 0 Å². The molecule has 2 N–H and O–H groups in total. The minimum Gasteiger partial charge on any atom is -0.497 e. The Kier molecular flexibility index (Phi) is 5.85. The van der Waals surface area contributed by atoms with Gasteiger partial charge in [0, 0.05) is 30.9 Å². The smallest absolute Gasteiger partial charge is 0.224 e. The lowest BCUT2D eigenvalue weighted by molar-refractivity contribution is -0.125. The first-order chi connectivity index (χ1) is 12.3. The summed E-state index contributed by atoms with van der Waals surface area (Å²) in [5.41, 5.74) is 0.836. The molecule has 1 fully saturated rings. The fraction of sp³-hybridized carbons (Fsp3) is 0.368. The summed E-state index contributed by atoms with van der Waals surface area (Å²) in [6.07, 6.45) is 3.64. The van der Waals surface area contributed by atoms with Crippen LogP contribution in [0.1, 0.15) is 18.4 Å². The number of nitrogens with one attached hydrogen (secondary N) is 2. The molecule has 2 heterocycles. The number of carbonyl (C=O) groups excluding carboxylic acids is 1. The van der Waals surface area contributed by atoms with Crippen LogP contribution in [0.25, 0.3) is 0 Å². The first-order valence-electron chi connectivity index (χ1n) is 8.50. The van der Waals surface area contributed by atoms with Gasteiger partial charge in [-0.3, -0.25) is 4.79 Å². The maximum Gasteiger partial charge on any atom is 0.224 e. The van der Waals surface area contributed by atoms with Gasteiger partial charge in [0.25, 0.3) is 0 Å². The molecule has 1 aliphatic rings. The molecule has 2 aromatic rings. The third-order valence-corrected chi connectivity index (χ3v) is 4.23. The molecule has 1 atom stereocenters. The van der Waals surface area contributed by atoms with E-state index in [9.17, 15) is 4.79 Å². The molecule has 3 rings (SSSR count). The summed E-state index contributed by atoms with van der Waals surface area (Å²) in [4.78, 5) is 16.6. The highest BCUT2D eigenvalue weighted by Crippen LogP contribution is 2.26. The van der Waals surface area contributed by atoms with Crippen molar-refractivity contribution in [1.29, 1.82) is 0 Å². The second kappa shape index (κ2) is 8.48. The summed E-state index contributed by atoms with van der Waals surface area (Å²) in [6, 6.07) is 11.1. The Morgan fingerprint density at radius 2 is 2.20 bits per heavy atom. The van der Waals surface area contributed by atoms with Gasteiger partial charge < -0.3 is 20.1 Å². The third kappa shape index (κ3) is 4.70. The number of hydrogen-bond acceptors (Lipinski definition) is 5. The quantitative estimate of drug-likeness (QED) is 0.845. The van der Waals surface area contributed by atoms with Crippen LogP contribution in [0.5, 0.6) is 17.4 Å². The lowest BCUT2D eigenvalue weighted by atomic mass is 9.99. The molecule has 0 aliphatic carbocycles. The molecule has 25 heavy (non-hydrogen) atoms.